The van der Waals surface area contributed by atoms with Crippen molar-refractivity contribution in [2.24, 2.45) is 0 Å². The number of benzene rings is 1. The Morgan fingerprint density at radius 3 is 2.65 bits per heavy atom. The number of carbonyl (C=O) groups is 2. The molecule has 0 N–H and O–H groups in total. The van der Waals surface area contributed by atoms with Crippen LogP contribution in [-0.2, 0) is 9.53 Å². The Morgan fingerprint density at radius 2 is 2.10 bits per heavy atom. The van der Waals surface area contributed by atoms with Gasteiger partial charge in [-0.25, -0.2) is 4.79 Å². The van der Waals surface area contributed by atoms with Crippen molar-refractivity contribution in [2.75, 3.05) is 7.11 Å². The van der Waals surface area contributed by atoms with Gasteiger partial charge < -0.3 is 4.74 Å². The van der Waals surface area contributed by atoms with Gasteiger partial charge >= 0.3 is 6.09 Å². The Hall–Kier alpha value is -2.17. The Morgan fingerprint density at radius 1 is 1.45 bits per heavy atom. The third-order valence-electron chi connectivity index (χ3n) is 2.49. The first kappa shape index (κ1) is 14.2. The molecular weight excluding hydrogens is 296 g/mol. The molecule has 1 aromatic carbocycles. The first-order chi connectivity index (χ1) is 9.56. The molecule has 1 heterocycles. The summed E-state index contributed by atoms with van der Waals surface area (Å²) in [5, 5.41) is 8.71. The van der Waals surface area contributed by atoms with Crippen LogP contribution in [0.25, 0.3) is 6.08 Å². The van der Waals surface area contributed by atoms with E-state index in [0.717, 1.165) is 22.2 Å². The molecule has 0 spiro atoms. The monoisotopic (exact) mass is 304 g/mol. The van der Waals surface area contributed by atoms with Crippen LogP contribution in [0.5, 0.6) is 0 Å². The summed E-state index contributed by atoms with van der Waals surface area (Å²) in [6.07, 6.45) is 0.819. The van der Waals surface area contributed by atoms with Gasteiger partial charge in [0.2, 0.25) is 0 Å². The summed E-state index contributed by atoms with van der Waals surface area (Å²) in [7, 11) is 1.19. The lowest BCUT2D eigenvalue weighted by Gasteiger charge is -2.09. The molecular formula is C13H8N2O3S2. The molecule has 2 rings (SSSR count). The van der Waals surface area contributed by atoms with Crippen LogP contribution in [0.2, 0.25) is 0 Å². The molecule has 0 radical (unpaired) electrons. The standard InChI is InChI=1S/C13H8N2O3S2/c1-18-12(17)15-11(16)10(20-13(15)19)6-8-2-4-9(7-14)5-3-8/h2-6H,1H3/b10-6-. The van der Waals surface area contributed by atoms with Gasteiger partial charge in [-0.05, 0) is 23.8 Å². The molecule has 20 heavy (non-hydrogen) atoms. The van der Waals surface area contributed by atoms with E-state index < -0.39 is 12.0 Å². The zero-order valence-corrected chi connectivity index (χ0v) is 12.0. The number of thioether (sulfide) groups is 1. The highest BCUT2D eigenvalue weighted by Crippen LogP contribution is 2.32. The van der Waals surface area contributed by atoms with Crippen LogP contribution in [0.4, 0.5) is 4.79 Å². The average molecular weight is 304 g/mol. The predicted octanol–water partition coefficient (Wildman–Crippen LogP) is 2.53. The summed E-state index contributed by atoms with van der Waals surface area (Å²) in [4.78, 5) is 24.6. The number of amides is 2. The zero-order chi connectivity index (χ0) is 14.7. The molecule has 1 aromatic rings. The fraction of sp³-hybridized carbons (Fsp3) is 0.0769. The SMILES string of the molecule is COC(=O)N1C(=O)/C(=C/c2ccc(C#N)cc2)SC1=S. The molecule has 0 unspecified atom stereocenters. The molecule has 1 aliphatic heterocycles. The number of thiocarbonyl (C=S) groups is 1. The number of nitrogens with zero attached hydrogens (tertiary/aromatic N) is 2. The normalized spacial score (nSPS) is 16.4. The van der Waals surface area contributed by atoms with Crippen LogP contribution in [0, 0.1) is 11.3 Å². The molecule has 0 saturated carbocycles. The maximum Gasteiger partial charge on any atom is 0.422 e. The molecule has 2 amide bonds. The first-order valence-electron chi connectivity index (χ1n) is 5.43. The zero-order valence-electron chi connectivity index (χ0n) is 10.3. The van der Waals surface area contributed by atoms with Gasteiger partial charge in [-0.2, -0.15) is 10.2 Å². The third-order valence-corrected chi connectivity index (χ3v) is 3.79. The Balaban J connectivity index is 2.27. The van der Waals surface area contributed by atoms with E-state index in [0.29, 0.717) is 10.5 Å². The smallest absolute Gasteiger partial charge is 0.422 e. The van der Waals surface area contributed by atoms with Gasteiger partial charge in [0.15, 0.2) is 4.32 Å². The highest BCUT2D eigenvalue weighted by Gasteiger charge is 2.37. The number of imide groups is 1. The van der Waals surface area contributed by atoms with Gasteiger partial charge in [0.05, 0.1) is 23.6 Å². The minimum atomic E-state index is -0.796. The van der Waals surface area contributed by atoms with E-state index in [9.17, 15) is 9.59 Å². The van der Waals surface area contributed by atoms with E-state index in [1.54, 1.807) is 30.3 Å². The van der Waals surface area contributed by atoms with Gasteiger partial charge in [-0.1, -0.05) is 36.1 Å². The maximum atomic E-state index is 12.0. The number of hydrogen-bond acceptors (Lipinski definition) is 6. The summed E-state index contributed by atoms with van der Waals surface area (Å²) in [6.45, 7) is 0. The molecule has 5 nitrogen and oxygen atoms in total. The van der Waals surface area contributed by atoms with Gasteiger partial charge in [-0.3, -0.25) is 4.79 Å². The van der Waals surface area contributed by atoms with E-state index >= 15 is 0 Å². The number of methoxy groups -OCH3 is 1. The molecule has 1 aliphatic rings. The number of hydrogen-bond donors (Lipinski definition) is 0. The summed E-state index contributed by atoms with van der Waals surface area (Å²) >= 11 is 6.01. The van der Waals surface area contributed by atoms with Crippen LogP contribution < -0.4 is 0 Å². The molecule has 7 heteroatoms. The van der Waals surface area contributed by atoms with Crippen LogP contribution in [-0.4, -0.2) is 28.3 Å². The lowest BCUT2D eigenvalue weighted by molar-refractivity contribution is -0.120. The summed E-state index contributed by atoms with van der Waals surface area (Å²) < 4.78 is 4.65. The second kappa shape index (κ2) is 5.86. The minimum absolute atomic E-state index is 0.141. The van der Waals surface area contributed by atoms with Crippen LogP contribution in [0.3, 0.4) is 0 Å². The second-order valence-electron chi connectivity index (χ2n) is 3.72. The Labute approximate surface area is 124 Å². The lowest BCUT2D eigenvalue weighted by atomic mass is 10.1. The number of rotatable bonds is 1. The van der Waals surface area contributed by atoms with Gasteiger partial charge in [0, 0.05) is 0 Å². The van der Waals surface area contributed by atoms with Gasteiger partial charge in [0.25, 0.3) is 5.91 Å². The van der Waals surface area contributed by atoms with Crippen LogP contribution in [0.1, 0.15) is 11.1 Å². The van der Waals surface area contributed by atoms with Crippen molar-refractivity contribution in [3.05, 3.63) is 40.3 Å². The maximum absolute atomic E-state index is 12.0. The van der Waals surface area contributed by atoms with Crippen molar-refractivity contribution >= 4 is 46.4 Å². The van der Waals surface area contributed by atoms with E-state index in [1.165, 1.54) is 7.11 Å². The van der Waals surface area contributed by atoms with E-state index in [2.05, 4.69) is 4.74 Å². The molecule has 1 fully saturated rings. The predicted molar refractivity (Wildman–Crippen MR) is 78.6 cm³/mol. The molecule has 100 valence electrons. The van der Waals surface area contributed by atoms with Crippen molar-refractivity contribution < 1.29 is 14.3 Å². The summed E-state index contributed by atoms with van der Waals surface area (Å²) in [5.74, 6) is -0.504. The minimum Gasteiger partial charge on any atom is -0.452 e. The largest absolute Gasteiger partial charge is 0.452 e. The average Bonchev–Trinajstić information content (AvgIpc) is 2.73. The van der Waals surface area contributed by atoms with Crippen molar-refractivity contribution in [1.82, 2.24) is 4.90 Å². The van der Waals surface area contributed by atoms with E-state index in [1.807, 2.05) is 6.07 Å². The number of ether oxygens (including phenoxy) is 1. The summed E-state index contributed by atoms with van der Waals surface area (Å²) in [5.41, 5.74) is 1.28. The topological polar surface area (TPSA) is 70.4 Å². The van der Waals surface area contributed by atoms with Crippen molar-refractivity contribution in [1.29, 1.82) is 5.26 Å². The van der Waals surface area contributed by atoms with Crippen molar-refractivity contribution in [2.45, 2.75) is 0 Å². The Bertz CT molecular complexity index is 659. The molecule has 0 atom stereocenters. The van der Waals surface area contributed by atoms with E-state index in [-0.39, 0.29) is 4.32 Å². The Kier molecular flexibility index (Phi) is 4.17. The molecule has 0 aromatic heterocycles. The van der Waals surface area contributed by atoms with E-state index in [4.69, 9.17) is 17.5 Å². The lowest BCUT2D eigenvalue weighted by Crippen LogP contribution is -2.34. The van der Waals surface area contributed by atoms with Crippen LogP contribution >= 0.6 is 24.0 Å². The second-order valence-corrected chi connectivity index (χ2v) is 5.40. The quantitative estimate of drug-likeness (QED) is 0.586. The highest BCUT2D eigenvalue weighted by atomic mass is 32.2. The van der Waals surface area contributed by atoms with Gasteiger partial charge in [0.1, 0.15) is 0 Å². The van der Waals surface area contributed by atoms with Crippen molar-refractivity contribution in [3.8, 4) is 6.07 Å². The first-order valence-corrected chi connectivity index (χ1v) is 6.65. The number of nitriles is 1. The summed E-state index contributed by atoms with van der Waals surface area (Å²) in [6, 6.07) is 8.72. The molecule has 1 saturated heterocycles. The fourth-order valence-corrected chi connectivity index (χ4v) is 2.76. The molecule has 0 aliphatic carbocycles. The highest BCUT2D eigenvalue weighted by molar-refractivity contribution is 8.26. The third kappa shape index (κ3) is 2.71. The number of carbonyl (C=O) groups excluding carboxylic acids is 2. The van der Waals surface area contributed by atoms with Crippen molar-refractivity contribution in [3.63, 3.8) is 0 Å². The van der Waals surface area contributed by atoms with Crippen LogP contribution in [0.15, 0.2) is 29.2 Å². The molecule has 0 bridgehead atoms. The fourth-order valence-electron chi connectivity index (χ4n) is 1.52. The van der Waals surface area contributed by atoms with Gasteiger partial charge in [-0.15, -0.1) is 0 Å².